The van der Waals surface area contributed by atoms with E-state index in [0.717, 1.165) is 0 Å². The molecule has 1 fully saturated rings. The first-order valence-electron chi connectivity index (χ1n) is 6.07. The van der Waals surface area contributed by atoms with E-state index in [1.165, 1.54) is 32.1 Å². The zero-order valence-corrected chi connectivity index (χ0v) is 10.6. The summed E-state index contributed by atoms with van der Waals surface area (Å²) in [5.74, 6) is 0. The van der Waals surface area contributed by atoms with Crippen molar-refractivity contribution >= 4 is 0 Å². The fourth-order valence-corrected chi connectivity index (χ4v) is 3.47. The molecule has 0 heterocycles. The predicted molar refractivity (Wildman–Crippen MR) is 63.5 cm³/mol. The van der Waals surface area contributed by atoms with Gasteiger partial charge in [0.2, 0.25) is 0 Å². The van der Waals surface area contributed by atoms with Gasteiger partial charge in [-0.3, -0.25) is 0 Å². The van der Waals surface area contributed by atoms with Gasteiger partial charge in [0.15, 0.2) is 0 Å². The van der Waals surface area contributed by atoms with Crippen LogP contribution in [0.3, 0.4) is 0 Å². The monoisotopic (exact) mass is 197 g/mol. The Labute approximate surface area is 89.7 Å². The average Bonchev–Trinajstić information content (AvgIpc) is 2.01. The lowest BCUT2D eigenvalue weighted by Gasteiger charge is -2.46. The summed E-state index contributed by atoms with van der Waals surface area (Å²) < 4.78 is 0. The highest BCUT2D eigenvalue weighted by Gasteiger charge is 2.39. The quantitative estimate of drug-likeness (QED) is 0.677. The van der Waals surface area contributed by atoms with Crippen LogP contribution in [0, 0.1) is 10.8 Å². The van der Waals surface area contributed by atoms with Gasteiger partial charge in [0.25, 0.3) is 0 Å². The smallest absolute Gasteiger partial charge is 0.0166 e. The standard InChI is InChI=1S/C13H27N/c1-12(2)9-7-6-8-10-13(3,4)11(12)14-5/h11,14H,6-10H2,1-5H3. The first kappa shape index (κ1) is 12.0. The summed E-state index contributed by atoms with van der Waals surface area (Å²) >= 11 is 0. The Morgan fingerprint density at radius 1 is 0.857 bits per heavy atom. The summed E-state index contributed by atoms with van der Waals surface area (Å²) in [5, 5.41) is 3.55. The highest BCUT2D eigenvalue weighted by Crippen LogP contribution is 2.42. The third-order valence-corrected chi connectivity index (χ3v) is 3.99. The average molecular weight is 197 g/mol. The Morgan fingerprint density at radius 2 is 1.29 bits per heavy atom. The Hall–Kier alpha value is -0.0400. The van der Waals surface area contributed by atoms with Crippen molar-refractivity contribution in [1.82, 2.24) is 5.32 Å². The third kappa shape index (κ3) is 2.50. The Balaban J connectivity index is 2.84. The van der Waals surface area contributed by atoms with Gasteiger partial charge in [-0.1, -0.05) is 47.0 Å². The largest absolute Gasteiger partial charge is 0.316 e. The highest BCUT2D eigenvalue weighted by molar-refractivity contribution is 4.94. The molecular weight excluding hydrogens is 170 g/mol. The number of rotatable bonds is 1. The van der Waals surface area contributed by atoms with Gasteiger partial charge in [-0.15, -0.1) is 0 Å². The van der Waals surface area contributed by atoms with Crippen molar-refractivity contribution in [3.63, 3.8) is 0 Å². The first-order valence-corrected chi connectivity index (χ1v) is 6.07. The van der Waals surface area contributed by atoms with Gasteiger partial charge in [0.05, 0.1) is 0 Å². The molecule has 1 aliphatic carbocycles. The normalized spacial score (nSPS) is 28.1. The fraction of sp³-hybridized carbons (Fsp3) is 1.00. The molecule has 84 valence electrons. The molecule has 0 aromatic carbocycles. The van der Waals surface area contributed by atoms with Crippen molar-refractivity contribution in [3.8, 4) is 0 Å². The zero-order valence-electron chi connectivity index (χ0n) is 10.6. The highest BCUT2D eigenvalue weighted by atomic mass is 14.9. The minimum atomic E-state index is 0.443. The number of hydrogen-bond acceptors (Lipinski definition) is 1. The molecule has 1 N–H and O–H groups in total. The molecule has 1 rings (SSSR count). The maximum atomic E-state index is 3.55. The third-order valence-electron chi connectivity index (χ3n) is 3.99. The van der Waals surface area contributed by atoms with E-state index in [-0.39, 0.29) is 0 Å². The molecular formula is C13H27N. The van der Waals surface area contributed by atoms with E-state index in [0.29, 0.717) is 16.9 Å². The Bertz CT molecular complexity index is 164. The van der Waals surface area contributed by atoms with Crippen molar-refractivity contribution < 1.29 is 0 Å². The van der Waals surface area contributed by atoms with Gasteiger partial charge < -0.3 is 5.32 Å². The van der Waals surface area contributed by atoms with Gasteiger partial charge in [-0.25, -0.2) is 0 Å². The van der Waals surface area contributed by atoms with E-state index >= 15 is 0 Å². The molecule has 0 unspecified atom stereocenters. The molecule has 0 spiro atoms. The van der Waals surface area contributed by atoms with Crippen LogP contribution >= 0.6 is 0 Å². The molecule has 1 nitrogen and oxygen atoms in total. The van der Waals surface area contributed by atoms with Gasteiger partial charge in [-0.2, -0.15) is 0 Å². The van der Waals surface area contributed by atoms with Crippen LogP contribution in [0.2, 0.25) is 0 Å². The summed E-state index contributed by atoms with van der Waals surface area (Å²) in [6.07, 6.45) is 6.95. The second-order valence-electron chi connectivity index (χ2n) is 6.26. The van der Waals surface area contributed by atoms with Crippen molar-refractivity contribution in [3.05, 3.63) is 0 Å². The minimum absolute atomic E-state index is 0.443. The lowest BCUT2D eigenvalue weighted by molar-refractivity contribution is 0.0835. The SMILES string of the molecule is CNC1C(C)(C)CCCCCC1(C)C. The van der Waals surface area contributed by atoms with Crippen molar-refractivity contribution in [2.24, 2.45) is 10.8 Å². The van der Waals surface area contributed by atoms with E-state index in [1.807, 2.05) is 0 Å². The summed E-state index contributed by atoms with van der Waals surface area (Å²) in [4.78, 5) is 0. The van der Waals surface area contributed by atoms with Crippen molar-refractivity contribution in [2.45, 2.75) is 65.8 Å². The van der Waals surface area contributed by atoms with Crippen LogP contribution in [-0.2, 0) is 0 Å². The molecule has 0 aromatic heterocycles. The predicted octanol–water partition coefficient (Wildman–Crippen LogP) is 3.59. The molecule has 14 heavy (non-hydrogen) atoms. The maximum Gasteiger partial charge on any atom is 0.0166 e. The lowest BCUT2D eigenvalue weighted by Crippen LogP contribution is -2.50. The van der Waals surface area contributed by atoms with E-state index in [2.05, 4.69) is 40.1 Å². The van der Waals surface area contributed by atoms with Crippen LogP contribution in [0.1, 0.15) is 59.8 Å². The zero-order chi connectivity index (χ0) is 10.8. The molecule has 0 bridgehead atoms. The molecule has 1 saturated carbocycles. The van der Waals surface area contributed by atoms with Crippen LogP contribution in [0.5, 0.6) is 0 Å². The van der Waals surface area contributed by atoms with Crippen LogP contribution in [-0.4, -0.2) is 13.1 Å². The molecule has 0 aromatic rings. The van der Waals surface area contributed by atoms with Crippen LogP contribution in [0.4, 0.5) is 0 Å². The summed E-state index contributed by atoms with van der Waals surface area (Å²) in [5.41, 5.74) is 0.886. The summed E-state index contributed by atoms with van der Waals surface area (Å²) in [6.45, 7) is 9.67. The van der Waals surface area contributed by atoms with Crippen LogP contribution < -0.4 is 5.32 Å². The summed E-state index contributed by atoms with van der Waals surface area (Å²) in [7, 11) is 2.12. The topological polar surface area (TPSA) is 12.0 Å². The number of nitrogens with one attached hydrogen (secondary N) is 1. The molecule has 0 amide bonds. The molecule has 1 heteroatoms. The van der Waals surface area contributed by atoms with E-state index in [1.54, 1.807) is 0 Å². The first-order chi connectivity index (χ1) is 6.40. The Morgan fingerprint density at radius 3 is 1.64 bits per heavy atom. The summed E-state index contributed by atoms with van der Waals surface area (Å²) in [6, 6.07) is 0.648. The molecule has 0 saturated heterocycles. The molecule has 0 aliphatic heterocycles. The maximum absolute atomic E-state index is 3.55. The van der Waals surface area contributed by atoms with E-state index in [9.17, 15) is 0 Å². The second-order valence-corrected chi connectivity index (χ2v) is 6.26. The molecule has 0 radical (unpaired) electrons. The van der Waals surface area contributed by atoms with Crippen molar-refractivity contribution in [1.29, 1.82) is 0 Å². The Kier molecular flexibility index (Phi) is 3.63. The van der Waals surface area contributed by atoms with Crippen LogP contribution in [0.15, 0.2) is 0 Å². The van der Waals surface area contributed by atoms with Crippen molar-refractivity contribution in [2.75, 3.05) is 7.05 Å². The molecule has 0 atom stereocenters. The van der Waals surface area contributed by atoms with E-state index in [4.69, 9.17) is 0 Å². The lowest BCUT2D eigenvalue weighted by atomic mass is 9.64. The van der Waals surface area contributed by atoms with Gasteiger partial charge in [-0.05, 0) is 30.7 Å². The van der Waals surface area contributed by atoms with Crippen LogP contribution in [0.25, 0.3) is 0 Å². The van der Waals surface area contributed by atoms with Gasteiger partial charge in [0.1, 0.15) is 0 Å². The minimum Gasteiger partial charge on any atom is -0.316 e. The van der Waals surface area contributed by atoms with Gasteiger partial charge >= 0.3 is 0 Å². The number of hydrogen-bond donors (Lipinski definition) is 1. The molecule has 1 aliphatic rings. The second kappa shape index (κ2) is 4.22. The van der Waals surface area contributed by atoms with Gasteiger partial charge in [0, 0.05) is 6.04 Å². The fourth-order valence-electron chi connectivity index (χ4n) is 3.47. The van der Waals surface area contributed by atoms with E-state index < -0.39 is 0 Å².